The first-order valence-corrected chi connectivity index (χ1v) is 11.5. The Labute approximate surface area is 202 Å². The number of hydrogen-bond acceptors (Lipinski definition) is 7. The van der Waals surface area contributed by atoms with Gasteiger partial charge in [-0.2, -0.15) is 4.98 Å². The predicted molar refractivity (Wildman–Crippen MR) is 133 cm³/mol. The van der Waals surface area contributed by atoms with Crippen molar-refractivity contribution in [2.24, 2.45) is 0 Å². The van der Waals surface area contributed by atoms with Crippen LogP contribution >= 0.6 is 22.9 Å². The lowest BCUT2D eigenvalue weighted by Gasteiger charge is -2.15. The number of nitro benzene ring substituents is 1. The number of nitrogens with zero attached hydrogens (tertiary/aromatic N) is 4. The van der Waals surface area contributed by atoms with E-state index in [-0.39, 0.29) is 17.3 Å². The van der Waals surface area contributed by atoms with Crippen LogP contribution in [0.25, 0.3) is 26.8 Å². The van der Waals surface area contributed by atoms with Crippen molar-refractivity contribution in [3.8, 4) is 17.4 Å². The predicted octanol–water partition coefficient (Wildman–Crippen LogP) is 6.27. The second-order valence-electron chi connectivity index (χ2n) is 7.75. The third-order valence-corrected chi connectivity index (χ3v) is 6.98. The molecule has 170 valence electrons. The molecular weight excluding hydrogens is 476 g/mol. The second-order valence-corrected chi connectivity index (χ2v) is 9.39. The van der Waals surface area contributed by atoms with Gasteiger partial charge in [-0.1, -0.05) is 11.6 Å². The molecule has 2 aromatic carbocycles. The molecule has 0 bridgehead atoms. The van der Waals surface area contributed by atoms with E-state index in [4.69, 9.17) is 21.3 Å². The summed E-state index contributed by atoms with van der Waals surface area (Å²) in [5.41, 5.74) is 2.21. The van der Waals surface area contributed by atoms with Crippen LogP contribution in [-0.4, -0.2) is 19.5 Å². The van der Waals surface area contributed by atoms with Crippen molar-refractivity contribution in [3.05, 3.63) is 90.2 Å². The van der Waals surface area contributed by atoms with Crippen molar-refractivity contribution in [1.82, 2.24) is 14.5 Å². The van der Waals surface area contributed by atoms with Gasteiger partial charge in [0.15, 0.2) is 0 Å². The topological polar surface area (TPSA) is 100 Å². The van der Waals surface area contributed by atoms with E-state index < -0.39 is 4.92 Å². The maximum atomic E-state index is 13.8. The van der Waals surface area contributed by atoms with E-state index >= 15 is 0 Å². The maximum Gasteiger partial charge on any atom is 0.310 e. The molecule has 10 heteroatoms. The first kappa shape index (κ1) is 22.0. The molecule has 0 spiro atoms. The standard InChI is InChI=1S/C24H17ClN4O4S/c1-12-14(3)34-22-19(12)21-20(13(2)26-22)23(30)28(16-6-4-15(25)5-7-16)24(27-21)33-18-10-8-17(9-11-18)29(31)32/h4-11H,1-3H3. The van der Waals surface area contributed by atoms with Crippen LogP contribution < -0.4 is 10.3 Å². The van der Waals surface area contributed by atoms with Crippen molar-refractivity contribution >= 4 is 49.7 Å². The summed E-state index contributed by atoms with van der Waals surface area (Å²) in [6.45, 7) is 5.78. The van der Waals surface area contributed by atoms with E-state index in [2.05, 4.69) is 4.98 Å². The van der Waals surface area contributed by atoms with Gasteiger partial charge in [-0.3, -0.25) is 14.9 Å². The van der Waals surface area contributed by atoms with Gasteiger partial charge in [-0.15, -0.1) is 11.3 Å². The van der Waals surface area contributed by atoms with Gasteiger partial charge in [0.1, 0.15) is 10.6 Å². The lowest BCUT2D eigenvalue weighted by molar-refractivity contribution is -0.384. The molecule has 0 atom stereocenters. The molecule has 8 nitrogen and oxygen atoms in total. The van der Waals surface area contributed by atoms with Gasteiger partial charge < -0.3 is 4.74 Å². The van der Waals surface area contributed by atoms with Gasteiger partial charge in [-0.05, 0) is 62.7 Å². The fourth-order valence-electron chi connectivity index (χ4n) is 3.81. The number of halogens is 1. The minimum absolute atomic E-state index is 0.0313. The first-order valence-electron chi connectivity index (χ1n) is 10.3. The summed E-state index contributed by atoms with van der Waals surface area (Å²) < 4.78 is 7.39. The zero-order valence-corrected chi connectivity index (χ0v) is 19.9. The van der Waals surface area contributed by atoms with Crippen LogP contribution in [0.1, 0.15) is 16.1 Å². The first-order chi connectivity index (χ1) is 16.2. The third kappa shape index (κ3) is 3.59. The number of benzene rings is 2. The average Bonchev–Trinajstić information content (AvgIpc) is 3.08. The fraction of sp³-hybridized carbons (Fsp3) is 0.125. The minimum atomic E-state index is -0.490. The fourth-order valence-corrected chi connectivity index (χ4v) is 5.02. The Bertz CT molecular complexity index is 1660. The molecule has 0 amide bonds. The SMILES string of the molecule is Cc1sc2nc(C)c3c(=O)n(-c4ccc(Cl)cc4)c(Oc4ccc([N+](=O)[O-])cc4)nc3c2c1C. The van der Waals surface area contributed by atoms with Crippen molar-refractivity contribution < 1.29 is 9.66 Å². The summed E-state index contributed by atoms with van der Waals surface area (Å²) >= 11 is 7.61. The molecule has 0 N–H and O–H groups in total. The molecule has 0 fully saturated rings. The smallest absolute Gasteiger partial charge is 0.310 e. The number of ether oxygens (including phenoxy) is 1. The van der Waals surface area contributed by atoms with Crippen LogP contribution in [0.5, 0.6) is 11.8 Å². The number of non-ortho nitro benzene ring substituents is 1. The van der Waals surface area contributed by atoms with Gasteiger partial charge in [-0.25, -0.2) is 9.55 Å². The van der Waals surface area contributed by atoms with Crippen molar-refractivity contribution in [3.63, 3.8) is 0 Å². The second kappa shape index (κ2) is 8.19. The Hall–Kier alpha value is -3.82. The van der Waals surface area contributed by atoms with E-state index in [1.807, 2.05) is 13.8 Å². The number of thiophene rings is 1. The quantitative estimate of drug-likeness (QED) is 0.216. The highest BCUT2D eigenvalue weighted by Gasteiger charge is 2.22. The minimum Gasteiger partial charge on any atom is -0.425 e. The summed E-state index contributed by atoms with van der Waals surface area (Å²) in [7, 11) is 0. The monoisotopic (exact) mass is 492 g/mol. The van der Waals surface area contributed by atoms with Crippen LogP contribution in [0.15, 0.2) is 53.3 Å². The lowest BCUT2D eigenvalue weighted by atomic mass is 10.1. The summed E-state index contributed by atoms with van der Waals surface area (Å²) in [6.07, 6.45) is 0. The molecule has 0 saturated carbocycles. The molecule has 0 radical (unpaired) electrons. The average molecular weight is 493 g/mol. The highest BCUT2D eigenvalue weighted by molar-refractivity contribution is 7.18. The van der Waals surface area contributed by atoms with Gasteiger partial charge in [0.05, 0.1) is 27.2 Å². The third-order valence-electron chi connectivity index (χ3n) is 5.63. The van der Waals surface area contributed by atoms with Crippen LogP contribution in [0, 0.1) is 30.9 Å². The van der Waals surface area contributed by atoms with Gasteiger partial charge >= 0.3 is 6.01 Å². The number of pyridine rings is 1. The number of aromatic nitrogens is 3. The van der Waals surface area contributed by atoms with E-state index in [1.165, 1.54) is 28.8 Å². The van der Waals surface area contributed by atoms with E-state index in [9.17, 15) is 14.9 Å². The maximum absolute atomic E-state index is 13.8. The van der Waals surface area contributed by atoms with E-state index in [1.54, 1.807) is 42.5 Å². The lowest BCUT2D eigenvalue weighted by Crippen LogP contribution is -2.22. The number of rotatable bonds is 4. The molecule has 0 saturated heterocycles. The van der Waals surface area contributed by atoms with Gasteiger partial charge in [0, 0.05) is 27.4 Å². The van der Waals surface area contributed by atoms with Crippen LogP contribution in [0.4, 0.5) is 5.69 Å². The Kier molecular flexibility index (Phi) is 5.30. The molecular formula is C24H17ClN4O4S. The van der Waals surface area contributed by atoms with Crippen LogP contribution in [0.2, 0.25) is 5.02 Å². The van der Waals surface area contributed by atoms with Crippen molar-refractivity contribution in [2.45, 2.75) is 20.8 Å². The highest BCUT2D eigenvalue weighted by atomic mass is 35.5. The zero-order valence-electron chi connectivity index (χ0n) is 18.3. The highest BCUT2D eigenvalue weighted by Crippen LogP contribution is 2.35. The molecule has 3 heterocycles. The van der Waals surface area contributed by atoms with Crippen molar-refractivity contribution in [2.75, 3.05) is 0 Å². The molecule has 3 aromatic heterocycles. The van der Waals surface area contributed by atoms with Gasteiger partial charge in [0.25, 0.3) is 11.2 Å². The largest absolute Gasteiger partial charge is 0.425 e. The molecule has 0 unspecified atom stereocenters. The van der Waals surface area contributed by atoms with Crippen LogP contribution in [-0.2, 0) is 0 Å². The van der Waals surface area contributed by atoms with Crippen LogP contribution in [0.3, 0.4) is 0 Å². The number of nitro groups is 1. The Balaban J connectivity index is 1.82. The number of aryl methyl sites for hydroxylation is 3. The normalized spacial score (nSPS) is 11.3. The molecule has 5 aromatic rings. The van der Waals surface area contributed by atoms with Gasteiger partial charge in [0.2, 0.25) is 0 Å². The molecule has 0 aliphatic rings. The van der Waals surface area contributed by atoms with Crippen molar-refractivity contribution in [1.29, 1.82) is 0 Å². The Morgan fingerprint density at radius 3 is 2.32 bits per heavy atom. The number of fused-ring (bicyclic) bond motifs is 3. The summed E-state index contributed by atoms with van der Waals surface area (Å²) in [4.78, 5) is 35.7. The molecule has 5 rings (SSSR count). The summed E-state index contributed by atoms with van der Waals surface area (Å²) in [5, 5.41) is 12.7. The summed E-state index contributed by atoms with van der Waals surface area (Å²) in [6, 6.07) is 12.4. The summed E-state index contributed by atoms with van der Waals surface area (Å²) in [5.74, 6) is 0.305. The number of hydrogen-bond donors (Lipinski definition) is 0. The van der Waals surface area contributed by atoms with E-state index in [0.29, 0.717) is 33.1 Å². The molecule has 34 heavy (non-hydrogen) atoms. The Morgan fingerprint density at radius 2 is 1.68 bits per heavy atom. The Morgan fingerprint density at radius 1 is 1.00 bits per heavy atom. The van der Waals surface area contributed by atoms with E-state index in [0.717, 1.165) is 20.7 Å². The molecule has 0 aliphatic heterocycles. The molecule has 0 aliphatic carbocycles. The zero-order chi connectivity index (χ0) is 24.1.